The first kappa shape index (κ1) is 19.4. The molecular weight excluding hydrogens is 422 g/mol. The monoisotopic (exact) mass is 447 g/mol. The molecule has 0 bridgehead atoms. The molecule has 0 saturated carbocycles. The molecule has 0 radical (unpaired) electrons. The number of pyridine rings is 1. The van der Waals surface area contributed by atoms with E-state index in [2.05, 4.69) is 31.9 Å². The van der Waals surface area contributed by atoms with Crippen LogP contribution < -0.4 is 5.69 Å². The Hall–Kier alpha value is -1.93. The van der Waals surface area contributed by atoms with Gasteiger partial charge >= 0.3 is 5.69 Å². The maximum Gasteiger partial charge on any atom is 0.334 e. The van der Waals surface area contributed by atoms with Gasteiger partial charge in [0.15, 0.2) is 5.65 Å². The van der Waals surface area contributed by atoms with Crippen LogP contribution in [-0.4, -0.2) is 62.5 Å². The number of hydrogen-bond donors (Lipinski definition) is 0. The van der Waals surface area contributed by atoms with Crippen molar-refractivity contribution < 1.29 is 4.79 Å². The summed E-state index contributed by atoms with van der Waals surface area (Å²) in [5.41, 5.74) is 2.68. The molecule has 0 atom stereocenters. The summed E-state index contributed by atoms with van der Waals surface area (Å²) in [5, 5.41) is 0. The average Bonchev–Trinajstić information content (AvgIpc) is 2.98. The zero-order valence-electron chi connectivity index (χ0n) is 16.2. The van der Waals surface area contributed by atoms with Gasteiger partial charge in [-0.3, -0.25) is 14.3 Å². The number of aromatic nitrogens is 3. The van der Waals surface area contributed by atoms with Gasteiger partial charge in [-0.2, -0.15) is 0 Å². The van der Waals surface area contributed by atoms with Gasteiger partial charge in [-0.15, -0.1) is 0 Å². The number of fused-ring (bicyclic) bond motifs is 1. The molecule has 2 aliphatic rings. The third-order valence-electron chi connectivity index (χ3n) is 5.75. The molecule has 3 heterocycles. The Bertz CT molecular complexity index is 969. The van der Waals surface area contributed by atoms with E-state index in [1.807, 2.05) is 15.5 Å². The molecule has 1 aliphatic carbocycles. The Morgan fingerprint density at radius 1 is 1.18 bits per heavy atom. The zero-order valence-corrected chi connectivity index (χ0v) is 17.8. The van der Waals surface area contributed by atoms with Gasteiger partial charge in [0.2, 0.25) is 5.91 Å². The Labute approximate surface area is 172 Å². The largest absolute Gasteiger partial charge is 0.340 e. The molecule has 0 spiro atoms. The predicted molar refractivity (Wildman–Crippen MR) is 113 cm³/mol. The molecule has 1 fully saturated rings. The molecule has 2 aromatic rings. The lowest BCUT2D eigenvalue weighted by Gasteiger charge is -2.34. The first-order chi connectivity index (χ1) is 13.5. The zero-order chi connectivity index (χ0) is 19.7. The molecule has 4 rings (SSSR count). The minimum atomic E-state index is -0.00359. The van der Waals surface area contributed by atoms with Crippen molar-refractivity contribution in [3.05, 3.63) is 33.3 Å². The highest BCUT2D eigenvalue weighted by Gasteiger charge is 2.21. The van der Waals surface area contributed by atoms with Crippen LogP contribution in [0.4, 0.5) is 0 Å². The second kappa shape index (κ2) is 8.21. The second-order valence-corrected chi connectivity index (χ2v) is 8.47. The van der Waals surface area contributed by atoms with Gasteiger partial charge in [-0.1, -0.05) is 6.08 Å². The fourth-order valence-electron chi connectivity index (χ4n) is 4.13. The lowest BCUT2D eigenvalue weighted by atomic mass is 10.0. The molecule has 7 nitrogen and oxygen atoms in total. The van der Waals surface area contributed by atoms with Gasteiger partial charge in [0.05, 0.1) is 5.52 Å². The van der Waals surface area contributed by atoms with E-state index in [9.17, 15) is 9.59 Å². The molecule has 150 valence electrons. The predicted octanol–water partition coefficient (Wildman–Crippen LogP) is 2.54. The summed E-state index contributed by atoms with van der Waals surface area (Å²) >= 11 is 3.49. The van der Waals surface area contributed by atoms with Crippen molar-refractivity contribution in [2.45, 2.75) is 39.2 Å². The smallest absolute Gasteiger partial charge is 0.334 e. The van der Waals surface area contributed by atoms with Crippen molar-refractivity contribution in [3.63, 3.8) is 0 Å². The summed E-state index contributed by atoms with van der Waals surface area (Å²) in [6, 6.07) is 1.98. The van der Waals surface area contributed by atoms with E-state index >= 15 is 0 Å². The molecule has 2 aromatic heterocycles. The standard InChI is InChI=1S/C20H26BrN5O2/c1-15(27)24-10-7-23(8-11-24)9-12-25-18-13-16(21)14-22-19(18)26(20(25)28)17-5-3-2-4-6-17/h5,13-14H,2-4,6-12H2,1H3. The van der Waals surface area contributed by atoms with E-state index in [1.54, 1.807) is 17.7 Å². The number of amides is 1. The minimum Gasteiger partial charge on any atom is -0.340 e. The molecular formula is C20H26BrN5O2. The number of allylic oxidation sites excluding steroid dienone is 2. The highest BCUT2D eigenvalue weighted by atomic mass is 79.9. The normalized spacial score (nSPS) is 18.5. The summed E-state index contributed by atoms with van der Waals surface area (Å²) in [6.07, 6.45) is 8.17. The van der Waals surface area contributed by atoms with E-state index in [4.69, 9.17) is 0 Å². The van der Waals surface area contributed by atoms with Crippen molar-refractivity contribution in [2.75, 3.05) is 32.7 Å². The van der Waals surface area contributed by atoms with Crippen LogP contribution in [0.2, 0.25) is 0 Å². The number of imidazole rings is 1. The molecule has 1 amide bonds. The molecule has 0 aromatic carbocycles. The van der Waals surface area contributed by atoms with Crippen molar-refractivity contribution in [1.29, 1.82) is 0 Å². The van der Waals surface area contributed by atoms with Crippen LogP contribution in [0.25, 0.3) is 16.9 Å². The van der Waals surface area contributed by atoms with E-state index in [0.717, 1.165) is 73.3 Å². The van der Waals surface area contributed by atoms with Crippen molar-refractivity contribution in [2.24, 2.45) is 0 Å². The maximum absolute atomic E-state index is 13.3. The number of carbonyl (C=O) groups is 1. The topological polar surface area (TPSA) is 63.4 Å². The van der Waals surface area contributed by atoms with E-state index in [1.165, 1.54) is 6.42 Å². The second-order valence-electron chi connectivity index (χ2n) is 7.55. The Balaban J connectivity index is 1.59. The molecule has 0 N–H and O–H groups in total. The molecule has 1 aliphatic heterocycles. The van der Waals surface area contributed by atoms with Crippen LogP contribution in [0, 0.1) is 0 Å². The number of halogens is 1. The summed E-state index contributed by atoms with van der Waals surface area (Å²) in [6.45, 7) is 6.23. The molecule has 1 saturated heterocycles. The summed E-state index contributed by atoms with van der Waals surface area (Å²) in [7, 11) is 0. The lowest BCUT2D eigenvalue weighted by Crippen LogP contribution is -2.48. The van der Waals surface area contributed by atoms with Gasteiger partial charge in [0.1, 0.15) is 0 Å². The van der Waals surface area contributed by atoms with E-state index < -0.39 is 0 Å². The number of piperazine rings is 1. The number of nitrogens with zero attached hydrogens (tertiary/aromatic N) is 5. The number of rotatable bonds is 4. The number of hydrogen-bond acceptors (Lipinski definition) is 4. The van der Waals surface area contributed by atoms with Crippen LogP contribution in [0.15, 0.2) is 27.6 Å². The van der Waals surface area contributed by atoms with E-state index in [0.29, 0.717) is 6.54 Å². The Morgan fingerprint density at radius 2 is 1.96 bits per heavy atom. The summed E-state index contributed by atoms with van der Waals surface area (Å²) in [4.78, 5) is 33.5. The van der Waals surface area contributed by atoms with Crippen LogP contribution in [-0.2, 0) is 11.3 Å². The maximum atomic E-state index is 13.3. The quantitative estimate of drug-likeness (QED) is 0.722. The van der Waals surface area contributed by atoms with Crippen LogP contribution in [0.1, 0.15) is 32.6 Å². The highest BCUT2D eigenvalue weighted by Crippen LogP contribution is 2.25. The SMILES string of the molecule is CC(=O)N1CCN(CCn2c(=O)n(C3=CCCCC3)c3ncc(Br)cc32)CC1. The van der Waals surface area contributed by atoms with Crippen molar-refractivity contribution >= 4 is 38.7 Å². The Morgan fingerprint density at radius 3 is 2.64 bits per heavy atom. The minimum absolute atomic E-state index is 0.00359. The first-order valence-electron chi connectivity index (χ1n) is 9.98. The number of carbonyl (C=O) groups excluding carboxylic acids is 1. The van der Waals surface area contributed by atoms with Crippen LogP contribution in [0.5, 0.6) is 0 Å². The fraction of sp³-hybridized carbons (Fsp3) is 0.550. The summed E-state index contributed by atoms with van der Waals surface area (Å²) in [5.74, 6) is 0.135. The third-order valence-corrected chi connectivity index (χ3v) is 6.18. The molecule has 28 heavy (non-hydrogen) atoms. The third kappa shape index (κ3) is 3.80. The Kier molecular flexibility index (Phi) is 5.68. The lowest BCUT2D eigenvalue weighted by molar-refractivity contribution is -0.130. The average molecular weight is 448 g/mol. The van der Waals surface area contributed by atoms with Crippen LogP contribution in [0.3, 0.4) is 0 Å². The molecule has 0 unspecified atom stereocenters. The fourth-order valence-corrected chi connectivity index (χ4v) is 4.45. The van der Waals surface area contributed by atoms with Gasteiger partial charge in [-0.25, -0.2) is 14.3 Å². The first-order valence-corrected chi connectivity index (χ1v) is 10.8. The van der Waals surface area contributed by atoms with Crippen molar-refractivity contribution in [1.82, 2.24) is 23.9 Å². The molecule has 8 heteroatoms. The van der Waals surface area contributed by atoms with Gasteiger partial charge < -0.3 is 4.90 Å². The highest BCUT2D eigenvalue weighted by molar-refractivity contribution is 9.10. The van der Waals surface area contributed by atoms with E-state index in [-0.39, 0.29) is 11.6 Å². The van der Waals surface area contributed by atoms with Gasteiger partial charge in [0, 0.05) is 62.6 Å². The van der Waals surface area contributed by atoms with Gasteiger partial charge in [0.25, 0.3) is 0 Å². The van der Waals surface area contributed by atoms with Crippen molar-refractivity contribution in [3.8, 4) is 0 Å². The summed E-state index contributed by atoms with van der Waals surface area (Å²) < 4.78 is 4.52. The van der Waals surface area contributed by atoms with Gasteiger partial charge in [-0.05, 0) is 47.7 Å². The van der Waals surface area contributed by atoms with Crippen LogP contribution >= 0.6 is 15.9 Å².